The molecule has 1 aromatic carbocycles. The highest BCUT2D eigenvalue weighted by Crippen LogP contribution is 2.14. The average Bonchev–Trinajstić information content (AvgIpc) is 2.13. The molecule has 0 heterocycles. The SMILES string of the molecule is Cl.NC(Cc1cc(F)c(F)c(F)c1)C(=O)O. The fourth-order valence-electron chi connectivity index (χ4n) is 1.07. The van der Waals surface area contributed by atoms with Gasteiger partial charge in [-0.2, -0.15) is 0 Å². The van der Waals surface area contributed by atoms with Crippen LogP contribution in [-0.2, 0) is 11.2 Å². The summed E-state index contributed by atoms with van der Waals surface area (Å²) in [6.45, 7) is 0. The molecule has 1 aromatic rings. The predicted molar refractivity (Wildman–Crippen MR) is 52.9 cm³/mol. The summed E-state index contributed by atoms with van der Waals surface area (Å²) >= 11 is 0. The number of halogens is 4. The molecule has 1 atom stereocenters. The zero-order valence-electron chi connectivity index (χ0n) is 7.91. The van der Waals surface area contributed by atoms with Gasteiger partial charge in [0.15, 0.2) is 17.5 Å². The second-order valence-corrected chi connectivity index (χ2v) is 3.02. The highest BCUT2D eigenvalue weighted by atomic mass is 35.5. The normalized spacial score (nSPS) is 11.8. The van der Waals surface area contributed by atoms with Crippen LogP contribution in [0.1, 0.15) is 5.56 Å². The molecule has 0 aliphatic rings. The number of rotatable bonds is 3. The first-order chi connectivity index (χ1) is 6.91. The molecule has 3 N–H and O–H groups in total. The number of carboxylic acids is 1. The first-order valence-electron chi connectivity index (χ1n) is 4.03. The Labute approximate surface area is 95.5 Å². The molecule has 1 unspecified atom stereocenters. The lowest BCUT2D eigenvalue weighted by Crippen LogP contribution is -2.32. The molecule has 0 aliphatic carbocycles. The van der Waals surface area contributed by atoms with Crippen molar-refractivity contribution in [3.63, 3.8) is 0 Å². The number of carbonyl (C=O) groups is 1. The van der Waals surface area contributed by atoms with Gasteiger partial charge in [-0.3, -0.25) is 4.79 Å². The van der Waals surface area contributed by atoms with Crippen molar-refractivity contribution in [1.29, 1.82) is 0 Å². The lowest BCUT2D eigenvalue weighted by Gasteiger charge is -2.06. The number of hydrogen-bond donors (Lipinski definition) is 2. The maximum atomic E-state index is 12.7. The summed E-state index contributed by atoms with van der Waals surface area (Å²) in [6, 6.07) is 0.178. The van der Waals surface area contributed by atoms with Gasteiger partial charge in [0.05, 0.1) is 0 Å². The van der Waals surface area contributed by atoms with Crippen molar-refractivity contribution in [1.82, 2.24) is 0 Å². The molecule has 0 aromatic heterocycles. The van der Waals surface area contributed by atoms with Crippen LogP contribution in [0.4, 0.5) is 13.2 Å². The third-order valence-electron chi connectivity index (χ3n) is 1.82. The van der Waals surface area contributed by atoms with Gasteiger partial charge in [0.25, 0.3) is 0 Å². The molecular formula is C9H9ClF3NO2. The Kier molecular flexibility index (Phi) is 5.26. The van der Waals surface area contributed by atoms with Crippen LogP contribution in [0.2, 0.25) is 0 Å². The lowest BCUT2D eigenvalue weighted by molar-refractivity contribution is -0.138. The summed E-state index contributed by atoms with van der Waals surface area (Å²) in [6.07, 6.45) is -0.260. The van der Waals surface area contributed by atoms with Crippen molar-refractivity contribution in [2.24, 2.45) is 5.73 Å². The Balaban J connectivity index is 0.00000225. The minimum atomic E-state index is -1.58. The van der Waals surface area contributed by atoms with Crippen molar-refractivity contribution < 1.29 is 23.1 Å². The number of nitrogens with two attached hydrogens (primary N) is 1. The van der Waals surface area contributed by atoms with E-state index in [0.717, 1.165) is 12.1 Å². The van der Waals surface area contributed by atoms with Crippen LogP contribution in [0.25, 0.3) is 0 Å². The maximum Gasteiger partial charge on any atom is 0.320 e. The average molecular weight is 256 g/mol. The fraction of sp³-hybridized carbons (Fsp3) is 0.222. The van der Waals surface area contributed by atoms with Gasteiger partial charge in [-0.05, 0) is 24.1 Å². The molecule has 90 valence electrons. The number of hydrogen-bond acceptors (Lipinski definition) is 2. The summed E-state index contributed by atoms with van der Waals surface area (Å²) in [5.74, 6) is -5.59. The molecule has 0 saturated heterocycles. The minimum absolute atomic E-state index is 0. The summed E-state index contributed by atoms with van der Waals surface area (Å²) in [5, 5.41) is 8.45. The van der Waals surface area contributed by atoms with Crippen LogP contribution in [0.15, 0.2) is 12.1 Å². The van der Waals surface area contributed by atoms with E-state index in [1.165, 1.54) is 0 Å². The van der Waals surface area contributed by atoms with E-state index in [9.17, 15) is 18.0 Å². The van der Waals surface area contributed by atoms with Gasteiger partial charge in [0.2, 0.25) is 0 Å². The summed E-state index contributed by atoms with van der Waals surface area (Å²) in [5.41, 5.74) is 5.15. The minimum Gasteiger partial charge on any atom is -0.480 e. The molecule has 0 amide bonds. The quantitative estimate of drug-likeness (QED) is 0.804. The van der Waals surface area contributed by atoms with Crippen LogP contribution in [0.3, 0.4) is 0 Å². The zero-order valence-corrected chi connectivity index (χ0v) is 8.73. The zero-order chi connectivity index (χ0) is 11.6. The van der Waals surface area contributed by atoms with Gasteiger partial charge in [0, 0.05) is 0 Å². The van der Waals surface area contributed by atoms with Crippen LogP contribution >= 0.6 is 12.4 Å². The Morgan fingerprint density at radius 1 is 1.31 bits per heavy atom. The second-order valence-electron chi connectivity index (χ2n) is 3.02. The Hall–Kier alpha value is -1.27. The van der Waals surface area contributed by atoms with Gasteiger partial charge in [-0.1, -0.05) is 0 Å². The van der Waals surface area contributed by atoms with E-state index in [-0.39, 0.29) is 24.4 Å². The molecule has 0 fully saturated rings. The Morgan fingerprint density at radius 2 is 1.75 bits per heavy atom. The Bertz CT molecular complexity index is 377. The third-order valence-corrected chi connectivity index (χ3v) is 1.82. The molecule has 0 spiro atoms. The molecule has 0 aliphatic heterocycles. The first kappa shape index (κ1) is 14.7. The number of benzene rings is 1. The van der Waals surface area contributed by atoms with Crippen molar-refractivity contribution >= 4 is 18.4 Å². The highest BCUT2D eigenvalue weighted by Gasteiger charge is 2.16. The standard InChI is InChI=1S/C9H8F3NO2.ClH/c10-5-1-4(2-6(11)8(5)12)3-7(13)9(14)15;/h1-2,7H,3,13H2,(H,14,15);1H. The van der Waals surface area contributed by atoms with E-state index in [1.54, 1.807) is 0 Å². The predicted octanol–water partition coefficient (Wildman–Crippen LogP) is 1.48. The fourth-order valence-corrected chi connectivity index (χ4v) is 1.07. The van der Waals surface area contributed by atoms with Crippen molar-refractivity contribution in [3.8, 4) is 0 Å². The van der Waals surface area contributed by atoms with Crippen molar-refractivity contribution in [3.05, 3.63) is 35.1 Å². The third kappa shape index (κ3) is 3.39. The van der Waals surface area contributed by atoms with Crippen molar-refractivity contribution in [2.75, 3.05) is 0 Å². The van der Waals surface area contributed by atoms with Gasteiger partial charge in [-0.25, -0.2) is 13.2 Å². The number of aliphatic carboxylic acids is 1. The smallest absolute Gasteiger partial charge is 0.320 e. The Morgan fingerprint density at radius 3 is 2.12 bits per heavy atom. The molecule has 1 rings (SSSR count). The van der Waals surface area contributed by atoms with Crippen LogP contribution < -0.4 is 5.73 Å². The topological polar surface area (TPSA) is 63.3 Å². The number of carboxylic acid groups (broad SMARTS) is 1. The van der Waals surface area contributed by atoms with Crippen LogP contribution in [-0.4, -0.2) is 17.1 Å². The van der Waals surface area contributed by atoms with Gasteiger partial charge in [-0.15, -0.1) is 12.4 Å². The van der Waals surface area contributed by atoms with Crippen molar-refractivity contribution in [2.45, 2.75) is 12.5 Å². The highest BCUT2D eigenvalue weighted by molar-refractivity contribution is 5.85. The molecule has 3 nitrogen and oxygen atoms in total. The molecular weight excluding hydrogens is 247 g/mol. The van der Waals surface area contributed by atoms with E-state index in [4.69, 9.17) is 10.8 Å². The molecule has 0 bridgehead atoms. The maximum absolute atomic E-state index is 12.7. The lowest BCUT2D eigenvalue weighted by atomic mass is 10.1. The molecule has 16 heavy (non-hydrogen) atoms. The van der Waals surface area contributed by atoms with E-state index in [2.05, 4.69) is 0 Å². The molecule has 0 radical (unpaired) electrons. The monoisotopic (exact) mass is 255 g/mol. The van der Waals surface area contributed by atoms with Crippen LogP contribution in [0.5, 0.6) is 0 Å². The van der Waals surface area contributed by atoms with E-state index in [0.29, 0.717) is 0 Å². The van der Waals surface area contributed by atoms with Crippen LogP contribution in [0, 0.1) is 17.5 Å². The summed E-state index contributed by atoms with van der Waals surface area (Å²) < 4.78 is 37.9. The summed E-state index contributed by atoms with van der Waals surface area (Å²) in [4.78, 5) is 10.4. The molecule has 0 saturated carbocycles. The van der Waals surface area contributed by atoms with Gasteiger partial charge in [0.1, 0.15) is 6.04 Å². The largest absolute Gasteiger partial charge is 0.480 e. The first-order valence-corrected chi connectivity index (χ1v) is 4.03. The second kappa shape index (κ2) is 5.72. The van der Waals surface area contributed by atoms with E-state index < -0.39 is 29.5 Å². The van der Waals surface area contributed by atoms with Gasteiger partial charge < -0.3 is 10.8 Å². The summed E-state index contributed by atoms with van der Waals surface area (Å²) in [7, 11) is 0. The van der Waals surface area contributed by atoms with E-state index >= 15 is 0 Å². The van der Waals surface area contributed by atoms with Gasteiger partial charge >= 0.3 is 5.97 Å². The van der Waals surface area contributed by atoms with E-state index in [1.807, 2.05) is 0 Å². The molecule has 7 heteroatoms.